The number of fused-ring (bicyclic) bond motifs is 1. The minimum atomic E-state index is -0.266. The lowest BCUT2D eigenvalue weighted by Crippen LogP contribution is -2.11. The molecule has 2 aromatic carbocycles. The van der Waals surface area contributed by atoms with Crippen LogP contribution in [0, 0.1) is 6.92 Å². The van der Waals surface area contributed by atoms with Crippen molar-refractivity contribution in [2.45, 2.75) is 6.92 Å². The van der Waals surface area contributed by atoms with Gasteiger partial charge < -0.3 is 14.8 Å². The summed E-state index contributed by atoms with van der Waals surface area (Å²) in [5, 5.41) is 13.2. The number of benzene rings is 2. The van der Waals surface area contributed by atoms with Crippen molar-refractivity contribution in [3.63, 3.8) is 0 Å². The third-order valence-corrected chi connectivity index (χ3v) is 3.19. The van der Waals surface area contributed by atoms with Gasteiger partial charge in [-0.2, -0.15) is 0 Å². The van der Waals surface area contributed by atoms with E-state index in [2.05, 4.69) is 5.32 Å². The summed E-state index contributed by atoms with van der Waals surface area (Å²) in [5.74, 6) is -0.113. The molecule has 0 saturated heterocycles. The molecule has 0 bridgehead atoms. The smallest absolute Gasteiger partial charge is 0.259 e. The van der Waals surface area contributed by atoms with E-state index in [4.69, 9.17) is 4.42 Å². The molecule has 20 heavy (non-hydrogen) atoms. The lowest BCUT2D eigenvalue weighted by Gasteiger charge is -2.06. The maximum atomic E-state index is 12.2. The Morgan fingerprint density at radius 1 is 1.20 bits per heavy atom. The SMILES string of the molecule is Cc1ccc(NC(=O)c2coc3ccccc23)cc1O. The minimum Gasteiger partial charge on any atom is -0.508 e. The molecule has 0 spiro atoms. The number of hydrogen-bond acceptors (Lipinski definition) is 3. The van der Waals surface area contributed by atoms with Crippen molar-refractivity contribution >= 4 is 22.6 Å². The van der Waals surface area contributed by atoms with Gasteiger partial charge in [0.05, 0.1) is 5.56 Å². The molecule has 0 aliphatic carbocycles. The normalized spacial score (nSPS) is 10.7. The Balaban J connectivity index is 1.91. The average molecular weight is 267 g/mol. The number of para-hydroxylation sites is 1. The molecule has 2 N–H and O–H groups in total. The third-order valence-electron chi connectivity index (χ3n) is 3.19. The first-order chi connectivity index (χ1) is 9.65. The lowest BCUT2D eigenvalue weighted by atomic mass is 10.1. The standard InChI is InChI=1S/C16H13NO3/c1-10-6-7-11(8-14(10)18)17-16(19)13-9-20-15-5-3-2-4-12(13)15/h2-9,18H,1H3,(H,17,19). The van der Waals surface area contributed by atoms with Gasteiger partial charge in [0.25, 0.3) is 5.91 Å². The molecule has 4 nitrogen and oxygen atoms in total. The summed E-state index contributed by atoms with van der Waals surface area (Å²) in [4.78, 5) is 12.2. The van der Waals surface area contributed by atoms with E-state index in [0.29, 0.717) is 16.8 Å². The van der Waals surface area contributed by atoms with E-state index in [1.165, 1.54) is 12.3 Å². The number of rotatable bonds is 2. The van der Waals surface area contributed by atoms with Crippen molar-refractivity contribution in [2.75, 3.05) is 5.32 Å². The van der Waals surface area contributed by atoms with E-state index >= 15 is 0 Å². The number of furan rings is 1. The molecular formula is C16H13NO3. The first kappa shape index (κ1) is 12.3. The maximum absolute atomic E-state index is 12.2. The van der Waals surface area contributed by atoms with Crippen LogP contribution in [0.4, 0.5) is 5.69 Å². The molecule has 4 heteroatoms. The van der Waals surface area contributed by atoms with Gasteiger partial charge in [-0.25, -0.2) is 0 Å². The fourth-order valence-corrected chi connectivity index (χ4v) is 2.04. The van der Waals surface area contributed by atoms with Gasteiger partial charge in [0.15, 0.2) is 0 Å². The van der Waals surface area contributed by atoms with Gasteiger partial charge >= 0.3 is 0 Å². The highest BCUT2D eigenvalue weighted by Crippen LogP contribution is 2.24. The van der Waals surface area contributed by atoms with E-state index in [-0.39, 0.29) is 11.7 Å². The van der Waals surface area contributed by atoms with Crippen LogP contribution in [0.15, 0.2) is 53.1 Å². The Morgan fingerprint density at radius 3 is 2.80 bits per heavy atom. The molecule has 3 aromatic rings. The van der Waals surface area contributed by atoms with Crippen LogP contribution in [0.5, 0.6) is 5.75 Å². The van der Waals surface area contributed by atoms with Crippen LogP contribution in [0.3, 0.4) is 0 Å². The van der Waals surface area contributed by atoms with Crippen molar-refractivity contribution in [2.24, 2.45) is 0 Å². The summed E-state index contributed by atoms with van der Waals surface area (Å²) in [6.45, 7) is 1.80. The summed E-state index contributed by atoms with van der Waals surface area (Å²) in [5.41, 5.74) is 2.45. The molecule has 0 aliphatic heterocycles. The Morgan fingerprint density at radius 2 is 2.00 bits per heavy atom. The topological polar surface area (TPSA) is 62.5 Å². The molecule has 0 radical (unpaired) electrons. The number of hydrogen-bond donors (Lipinski definition) is 2. The molecule has 0 atom stereocenters. The predicted molar refractivity (Wildman–Crippen MR) is 77.0 cm³/mol. The lowest BCUT2D eigenvalue weighted by molar-refractivity contribution is 0.102. The first-order valence-electron chi connectivity index (χ1n) is 6.22. The van der Waals surface area contributed by atoms with Crippen molar-refractivity contribution in [1.82, 2.24) is 0 Å². The van der Waals surface area contributed by atoms with E-state index < -0.39 is 0 Å². The van der Waals surface area contributed by atoms with Gasteiger partial charge in [0, 0.05) is 17.1 Å². The van der Waals surface area contributed by atoms with Crippen molar-refractivity contribution in [1.29, 1.82) is 0 Å². The molecular weight excluding hydrogens is 254 g/mol. The van der Waals surface area contributed by atoms with E-state index in [0.717, 1.165) is 10.9 Å². The second-order valence-corrected chi connectivity index (χ2v) is 4.60. The van der Waals surface area contributed by atoms with E-state index in [9.17, 15) is 9.90 Å². The summed E-state index contributed by atoms with van der Waals surface area (Å²) >= 11 is 0. The molecule has 0 aliphatic rings. The van der Waals surface area contributed by atoms with Crippen LogP contribution in [-0.4, -0.2) is 11.0 Å². The number of phenolic OH excluding ortho intramolecular Hbond substituents is 1. The van der Waals surface area contributed by atoms with Gasteiger partial charge in [-0.05, 0) is 24.6 Å². The van der Waals surface area contributed by atoms with Gasteiger partial charge in [0.1, 0.15) is 17.6 Å². The fourth-order valence-electron chi connectivity index (χ4n) is 2.04. The molecule has 0 unspecified atom stereocenters. The third kappa shape index (κ3) is 2.12. The molecule has 0 fully saturated rings. The molecule has 1 heterocycles. The number of carbonyl (C=O) groups is 1. The van der Waals surface area contributed by atoms with E-state index in [1.54, 1.807) is 19.1 Å². The van der Waals surface area contributed by atoms with Crippen LogP contribution in [0.1, 0.15) is 15.9 Å². The van der Waals surface area contributed by atoms with E-state index in [1.807, 2.05) is 24.3 Å². The van der Waals surface area contributed by atoms with Gasteiger partial charge in [0.2, 0.25) is 0 Å². The van der Waals surface area contributed by atoms with Crippen LogP contribution in [0.25, 0.3) is 11.0 Å². The largest absolute Gasteiger partial charge is 0.508 e. The number of anilines is 1. The quantitative estimate of drug-likeness (QED) is 0.744. The van der Waals surface area contributed by atoms with Crippen molar-refractivity contribution < 1.29 is 14.3 Å². The maximum Gasteiger partial charge on any atom is 0.259 e. The predicted octanol–water partition coefficient (Wildman–Crippen LogP) is 3.70. The average Bonchev–Trinajstić information content (AvgIpc) is 2.87. The Labute approximate surface area is 115 Å². The summed E-state index contributed by atoms with van der Waals surface area (Å²) in [6.07, 6.45) is 1.44. The Bertz CT molecular complexity index is 789. The number of carbonyl (C=O) groups excluding carboxylic acids is 1. The first-order valence-corrected chi connectivity index (χ1v) is 6.22. The zero-order valence-corrected chi connectivity index (χ0v) is 10.9. The van der Waals surface area contributed by atoms with Crippen molar-refractivity contribution in [3.8, 4) is 5.75 Å². The summed E-state index contributed by atoms with van der Waals surface area (Å²) in [6, 6.07) is 12.4. The zero-order chi connectivity index (χ0) is 14.1. The Kier molecular flexibility index (Phi) is 2.91. The second-order valence-electron chi connectivity index (χ2n) is 4.60. The van der Waals surface area contributed by atoms with Gasteiger partial charge in [-0.15, -0.1) is 0 Å². The number of phenols is 1. The minimum absolute atomic E-state index is 0.153. The number of amides is 1. The summed E-state index contributed by atoms with van der Waals surface area (Å²) < 4.78 is 5.34. The second kappa shape index (κ2) is 4.74. The molecule has 100 valence electrons. The highest BCUT2D eigenvalue weighted by atomic mass is 16.3. The zero-order valence-electron chi connectivity index (χ0n) is 10.9. The van der Waals surface area contributed by atoms with Crippen LogP contribution < -0.4 is 5.32 Å². The highest BCUT2D eigenvalue weighted by Gasteiger charge is 2.13. The van der Waals surface area contributed by atoms with Gasteiger partial charge in [-0.3, -0.25) is 4.79 Å². The highest BCUT2D eigenvalue weighted by molar-refractivity contribution is 6.12. The number of nitrogens with one attached hydrogen (secondary N) is 1. The molecule has 3 rings (SSSR count). The number of aromatic hydroxyl groups is 1. The fraction of sp³-hybridized carbons (Fsp3) is 0.0625. The van der Waals surface area contributed by atoms with Gasteiger partial charge in [-0.1, -0.05) is 24.3 Å². The van der Waals surface area contributed by atoms with Crippen molar-refractivity contribution in [3.05, 3.63) is 59.9 Å². The number of aryl methyl sites for hydroxylation is 1. The van der Waals surface area contributed by atoms with Crippen LogP contribution in [-0.2, 0) is 0 Å². The molecule has 1 aromatic heterocycles. The monoisotopic (exact) mass is 267 g/mol. The van der Waals surface area contributed by atoms with Crippen LogP contribution in [0.2, 0.25) is 0 Å². The molecule has 0 saturated carbocycles. The Hall–Kier alpha value is -2.75. The summed E-state index contributed by atoms with van der Waals surface area (Å²) in [7, 11) is 0. The van der Waals surface area contributed by atoms with Crippen LogP contribution >= 0.6 is 0 Å². The molecule has 1 amide bonds.